The van der Waals surface area contributed by atoms with Crippen LogP contribution in [0.3, 0.4) is 0 Å². The second-order valence-electron chi connectivity index (χ2n) is 7.19. The van der Waals surface area contributed by atoms with Gasteiger partial charge < -0.3 is 9.47 Å². The molecule has 1 spiro atoms. The summed E-state index contributed by atoms with van der Waals surface area (Å²) in [6, 6.07) is 0. The summed E-state index contributed by atoms with van der Waals surface area (Å²) in [5.41, 5.74) is -0.0429. The maximum atomic E-state index is 12.8. The van der Waals surface area contributed by atoms with E-state index >= 15 is 0 Å². The summed E-state index contributed by atoms with van der Waals surface area (Å²) in [6.07, 6.45) is 8.53. The largest absolute Gasteiger partial charge is 0.381 e. The second-order valence-corrected chi connectivity index (χ2v) is 7.19. The molecule has 20 heavy (non-hydrogen) atoms. The van der Waals surface area contributed by atoms with Crippen molar-refractivity contribution in [3.05, 3.63) is 0 Å². The highest BCUT2D eigenvalue weighted by atomic mass is 16.5. The third-order valence-corrected chi connectivity index (χ3v) is 5.72. The van der Waals surface area contributed by atoms with E-state index in [1.54, 1.807) is 0 Å². The number of rotatable bonds is 2. The molecule has 3 aliphatic rings. The first-order valence-corrected chi connectivity index (χ1v) is 8.44. The Labute approximate surface area is 122 Å². The summed E-state index contributed by atoms with van der Waals surface area (Å²) in [5.74, 6) is 1.95. The quantitative estimate of drug-likeness (QED) is 0.778. The lowest BCUT2D eigenvalue weighted by atomic mass is 9.72. The molecule has 0 aromatic heterocycles. The fraction of sp³-hybridized carbons (Fsp3) is 0.941. The molecule has 0 aromatic carbocycles. The third kappa shape index (κ3) is 3.09. The third-order valence-electron chi connectivity index (χ3n) is 5.72. The van der Waals surface area contributed by atoms with Gasteiger partial charge in [0.15, 0.2) is 0 Å². The van der Waals surface area contributed by atoms with Crippen molar-refractivity contribution in [3.63, 3.8) is 0 Å². The molecule has 0 N–H and O–H groups in total. The van der Waals surface area contributed by atoms with Gasteiger partial charge in [0.1, 0.15) is 5.78 Å². The van der Waals surface area contributed by atoms with Crippen molar-refractivity contribution in [1.82, 2.24) is 0 Å². The van der Waals surface area contributed by atoms with E-state index in [-0.39, 0.29) is 11.5 Å². The van der Waals surface area contributed by atoms with Crippen molar-refractivity contribution < 1.29 is 14.3 Å². The highest BCUT2D eigenvalue weighted by Crippen LogP contribution is 2.40. The summed E-state index contributed by atoms with van der Waals surface area (Å²) in [4.78, 5) is 12.8. The van der Waals surface area contributed by atoms with Crippen LogP contribution in [0.2, 0.25) is 0 Å². The molecule has 1 unspecified atom stereocenters. The van der Waals surface area contributed by atoms with Crippen LogP contribution in [-0.2, 0) is 14.3 Å². The van der Waals surface area contributed by atoms with Gasteiger partial charge in [-0.2, -0.15) is 0 Å². The van der Waals surface area contributed by atoms with E-state index in [1.807, 2.05) is 0 Å². The molecule has 0 aromatic rings. The molecule has 2 heterocycles. The normalized spacial score (nSPS) is 37.8. The number of carbonyl (C=O) groups is 1. The van der Waals surface area contributed by atoms with E-state index in [4.69, 9.17) is 9.47 Å². The van der Waals surface area contributed by atoms with Crippen molar-refractivity contribution >= 4 is 5.78 Å². The lowest BCUT2D eigenvalue weighted by molar-refractivity contribution is -0.159. The van der Waals surface area contributed by atoms with Crippen LogP contribution in [0, 0.1) is 17.8 Å². The molecule has 0 bridgehead atoms. The van der Waals surface area contributed by atoms with Crippen LogP contribution in [-0.4, -0.2) is 31.2 Å². The summed E-state index contributed by atoms with van der Waals surface area (Å²) in [7, 11) is 0. The summed E-state index contributed by atoms with van der Waals surface area (Å²) in [5, 5.41) is 0. The van der Waals surface area contributed by atoms with Crippen molar-refractivity contribution in [3.8, 4) is 0 Å². The Morgan fingerprint density at radius 1 is 0.950 bits per heavy atom. The van der Waals surface area contributed by atoms with E-state index in [9.17, 15) is 4.79 Å². The van der Waals surface area contributed by atoms with Gasteiger partial charge in [0.25, 0.3) is 0 Å². The molecular weight excluding hydrogens is 252 g/mol. The van der Waals surface area contributed by atoms with Gasteiger partial charge in [0.05, 0.1) is 5.60 Å². The zero-order valence-electron chi connectivity index (χ0n) is 12.7. The van der Waals surface area contributed by atoms with Crippen LogP contribution in [0.25, 0.3) is 0 Å². The van der Waals surface area contributed by atoms with Gasteiger partial charge in [-0.05, 0) is 44.4 Å². The van der Waals surface area contributed by atoms with Crippen molar-refractivity contribution in [2.75, 3.05) is 19.8 Å². The molecule has 114 valence electrons. The van der Waals surface area contributed by atoms with Crippen molar-refractivity contribution in [1.29, 1.82) is 0 Å². The number of ketones is 1. The van der Waals surface area contributed by atoms with Crippen LogP contribution < -0.4 is 0 Å². The van der Waals surface area contributed by atoms with Crippen LogP contribution >= 0.6 is 0 Å². The summed E-state index contributed by atoms with van der Waals surface area (Å²) < 4.78 is 11.5. The molecule has 2 saturated heterocycles. The van der Waals surface area contributed by atoms with Gasteiger partial charge in [-0.15, -0.1) is 0 Å². The molecule has 0 radical (unpaired) electrons. The smallest absolute Gasteiger partial charge is 0.139 e. The van der Waals surface area contributed by atoms with Gasteiger partial charge in [-0.25, -0.2) is 0 Å². The summed E-state index contributed by atoms with van der Waals surface area (Å²) in [6.45, 7) is 4.66. The predicted molar refractivity (Wildman–Crippen MR) is 77.6 cm³/mol. The Balaban J connectivity index is 1.60. The molecule has 1 saturated carbocycles. The Morgan fingerprint density at radius 3 is 2.35 bits per heavy atom. The zero-order valence-corrected chi connectivity index (χ0v) is 12.7. The number of hydrogen-bond acceptors (Lipinski definition) is 3. The molecule has 3 nitrogen and oxygen atoms in total. The molecule has 1 aliphatic carbocycles. The van der Waals surface area contributed by atoms with Crippen molar-refractivity contribution in [2.45, 2.75) is 63.9 Å². The highest BCUT2D eigenvalue weighted by Gasteiger charge is 2.42. The van der Waals surface area contributed by atoms with Crippen molar-refractivity contribution in [2.24, 2.45) is 17.8 Å². The fourth-order valence-electron chi connectivity index (χ4n) is 4.24. The molecule has 3 heteroatoms. The lowest BCUT2D eigenvalue weighted by Crippen LogP contribution is -2.46. The summed E-state index contributed by atoms with van der Waals surface area (Å²) >= 11 is 0. The van der Waals surface area contributed by atoms with Gasteiger partial charge in [-0.3, -0.25) is 4.79 Å². The minimum Gasteiger partial charge on any atom is -0.381 e. The standard InChI is InChI=1S/C17H28O3/c1-13-2-4-14(5-3-13)16(18)15-6-9-20-17(12-15)7-10-19-11-8-17/h13-15H,2-12H2,1H3. The highest BCUT2D eigenvalue weighted by molar-refractivity contribution is 5.83. The van der Waals surface area contributed by atoms with E-state index in [2.05, 4.69) is 6.92 Å². The van der Waals surface area contributed by atoms with E-state index in [1.165, 1.54) is 12.8 Å². The molecule has 2 aliphatic heterocycles. The molecular formula is C17H28O3. The van der Waals surface area contributed by atoms with Gasteiger partial charge in [0, 0.05) is 31.7 Å². The first-order chi connectivity index (χ1) is 9.69. The fourth-order valence-corrected chi connectivity index (χ4v) is 4.24. The van der Waals surface area contributed by atoms with E-state index < -0.39 is 0 Å². The van der Waals surface area contributed by atoms with Crippen LogP contribution in [0.5, 0.6) is 0 Å². The minimum absolute atomic E-state index is 0.0429. The Bertz CT molecular complexity index is 333. The first kappa shape index (κ1) is 14.5. The average Bonchev–Trinajstić information content (AvgIpc) is 2.48. The molecule has 3 rings (SSSR count). The number of Topliss-reactive ketones (excluding diaryl/α,β-unsaturated/α-hetero) is 1. The maximum Gasteiger partial charge on any atom is 0.139 e. The Hall–Kier alpha value is -0.410. The maximum absolute atomic E-state index is 12.8. The van der Waals surface area contributed by atoms with E-state index in [0.29, 0.717) is 11.7 Å². The lowest BCUT2D eigenvalue weighted by Gasteiger charge is -2.43. The minimum atomic E-state index is -0.0429. The van der Waals surface area contributed by atoms with Crippen LogP contribution in [0.4, 0.5) is 0 Å². The SMILES string of the molecule is CC1CCC(C(=O)C2CCOC3(CCOCC3)C2)CC1. The van der Waals surface area contributed by atoms with Crippen LogP contribution in [0.15, 0.2) is 0 Å². The van der Waals surface area contributed by atoms with E-state index in [0.717, 1.165) is 64.3 Å². The molecule has 3 fully saturated rings. The average molecular weight is 280 g/mol. The Kier molecular flexibility index (Phi) is 4.46. The molecule has 0 amide bonds. The van der Waals surface area contributed by atoms with Crippen LogP contribution in [0.1, 0.15) is 58.3 Å². The first-order valence-electron chi connectivity index (χ1n) is 8.44. The monoisotopic (exact) mass is 280 g/mol. The Morgan fingerprint density at radius 2 is 1.65 bits per heavy atom. The number of carbonyl (C=O) groups excluding carboxylic acids is 1. The van der Waals surface area contributed by atoms with Gasteiger partial charge in [-0.1, -0.05) is 19.8 Å². The van der Waals surface area contributed by atoms with Gasteiger partial charge >= 0.3 is 0 Å². The number of hydrogen-bond donors (Lipinski definition) is 0. The zero-order chi connectivity index (χ0) is 14.0. The number of ether oxygens (including phenoxy) is 2. The molecule has 1 atom stereocenters. The predicted octanol–water partition coefficient (Wildman–Crippen LogP) is 3.36. The van der Waals surface area contributed by atoms with Gasteiger partial charge in [0.2, 0.25) is 0 Å². The topological polar surface area (TPSA) is 35.5 Å². The second kappa shape index (κ2) is 6.15.